The van der Waals surface area contributed by atoms with Crippen molar-refractivity contribution in [2.75, 3.05) is 26.3 Å². The Morgan fingerprint density at radius 1 is 1.33 bits per heavy atom. The van der Waals surface area contributed by atoms with E-state index >= 15 is 0 Å². The molecule has 8 nitrogen and oxygen atoms in total. The van der Waals surface area contributed by atoms with Gasteiger partial charge in [0.15, 0.2) is 0 Å². The van der Waals surface area contributed by atoms with Gasteiger partial charge in [-0.1, -0.05) is 0 Å². The SMILES string of the molecule is Cn1nccc1C(=O)N1CCOC(COc2ccc(F)cc2)(CC(N)=O)C1. The number of carbonyl (C=O) groups excluding carboxylic acids is 2. The largest absolute Gasteiger partial charge is 0.490 e. The lowest BCUT2D eigenvalue weighted by Gasteiger charge is -2.41. The van der Waals surface area contributed by atoms with Gasteiger partial charge in [-0.05, 0) is 30.3 Å². The summed E-state index contributed by atoms with van der Waals surface area (Å²) in [6, 6.07) is 7.14. The van der Waals surface area contributed by atoms with Gasteiger partial charge in [-0.3, -0.25) is 14.3 Å². The van der Waals surface area contributed by atoms with Crippen LogP contribution in [0.4, 0.5) is 4.39 Å². The van der Waals surface area contributed by atoms with Gasteiger partial charge in [-0.25, -0.2) is 4.39 Å². The minimum absolute atomic E-state index is 0.00323. The Bertz CT molecular complexity index is 823. The molecule has 1 saturated heterocycles. The first kappa shape index (κ1) is 18.8. The molecule has 1 fully saturated rings. The molecule has 2 amide bonds. The zero-order valence-corrected chi connectivity index (χ0v) is 14.9. The second kappa shape index (κ2) is 7.75. The van der Waals surface area contributed by atoms with Gasteiger partial charge in [0.25, 0.3) is 5.91 Å². The van der Waals surface area contributed by atoms with Crippen molar-refractivity contribution in [2.24, 2.45) is 12.8 Å². The topological polar surface area (TPSA) is 99.7 Å². The summed E-state index contributed by atoms with van der Waals surface area (Å²) in [5, 5.41) is 4.01. The minimum atomic E-state index is -1.08. The maximum atomic E-state index is 13.0. The van der Waals surface area contributed by atoms with Gasteiger partial charge in [-0.2, -0.15) is 5.10 Å². The molecule has 0 radical (unpaired) electrons. The van der Waals surface area contributed by atoms with Gasteiger partial charge < -0.3 is 20.1 Å². The number of hydrogen-bond acceptors (Lipinski definition) is 5. The first-order valence-corrected chi connectivity index (χ1v) is 8.46. The summed E-state index contributed by atoms with van der Waals surface area (Å²) in [7, 11) is 1.68. The van der Waals surface area contributed by atoms with E-state index in [4.69, 9.17) is 15.2 Å². The van der Waals surface area contributed by atoms with Gasteiger partial charge in [0.1, 0.15) is 29.5 Å². The van der Waals surface area contributed by atoms with Crippen LogP contribution in [0.2, 0.25) is 0 Å². The first-order chi connectivity index (χ1) is 12.9. The molecule has 1 aliphatic heterocycles. The molecule has 144 valence electrons. The Balaban J connectivity index is 1.76. The summed E-state index contributed by atoms with van der Waals surface area (Å²) in [6.45, 7) is 0.753. The van der Waals surface area contributed by atoms with E-state index in [1.165, 1.54) is 28.9 Å². The number of carbonyl (C=O) groups is 2. The summed E-state index contributed by atoms with van der Waals surface area (Å²) >= 11 is 0. The number of rotatable bonds is 6. The molecule has 0 aliphatic carbocycles. The molecule has 1 aliphatic rings. The Kier molecular flexibility index (Phi) is 5.41. The van der Waals surface area contributed by atoms with E-state index in [0.717, 1.165) is 0 Å². The second-order valence-electron chi connectivity index (χ2n) is 6.48. The predicted octanol–water partition coefficient (Wildman–Crippen LogP) is 0.725. The normalized spacial score (nSPS) is 19.7. The number of nitrogens with two attached hydrogens (primary N) is 1. The van der Waals surface area contributed by atoms with Crippen molar-refractivity contribution < 1.29 is 23.5 Å². The van der Waals surface area contributed by atoms with Crippen LogP contribution in [0.25, 0.3) is 0 Å². The molecule has 1 aromatic carbocycles. The average molecular weight is 376 g/mol. The van der Waals surface area contributed by atoms with Crippen LogP contribution in [0.1, 0.15) is 16.9 Å². The molecule has 2 aromatic rings. The number of hydrogen-bond donors (Lipinski definition) is 1. The van der Waals surface area contributed by atoms with Gasteiger partial charge >= 0.3 is 0 Å². The molecule has 1 atom stereocenters. The molecule has 1 aromatic heterocycles. The summed E-state index contributed by atoms with van der Waals surface area (Å²) < 4.78 is 26.1. The van der Waals surface area contributed by atoms with Crippen molar-refractivity contribution in [3.8, 4) is 5.75 Å². The first-order valence-electron chi connectivity index (χ1n) is 8.46. The fraction of sp³-hybridized carbons (Fsp3) is 0.389. The summed E-state index contributed by atoms with van der Waals surface area (Å²) in [5.74, 6) is -0.725. The molecule has 0 bridgehead atoms. The van der Waals surface area contributed by atoms with Crippen LogP contribution in [0.3, 0.4) is 0 Å². The van der Waals surface area contributed by atoms with Crippen molar-refractivity contribution in [2.45, 2.75) is 12.0 Å². The summed E-state index contributed by atoms with van der Waals surface area (Å²) in [6.07, 6.45) is 1.44. The number of ether oxygens (including phenoxy) is 2. The molecule has 0 spiro atoms. The number of aromatic nitrogens is 2. The molecule has 27 heavy (non-hydrogen) atoms. The van der Waals surface area contributed by atoms with Crippen LogP contribution in [0, 0.1) is 5.82 Å². The molecule has 0 saturated carbocycles. The monoisotopic (exact) mass is 376 g/mol. The molecule has 2 heterocycles. The zero-order valence-electron chi connectivity index (χ0n) is 14.9. The van der Waals surface area contributed by atoms with Crippen LogP contribution >= 0.6 is 0 Å². The number of halogens is 1. The fourth-order valence-corrected chi connectivity index (χ4v) is 3.07. The van der Waals surface area contributed by atoms with E-state index in [1.807, 2.05) is 0 Å². The number of nitrogens with zero attached hydrogens (tertiary/aromatic N) is 3. The number of benzene rings is 1. The third-order valence-electron chi connectivity index (χ3n) is 4.39. The van der Waals surface area contributed by atoms with Crippen LogP contribution in [-0.4, -0.2) is 58.4 Å². The van der Waals surface area contributed by atoms with Gasteiger partial charge in [-0.15, -0.1) is 0 Å². The standard InChI is InChI=1S/C18H21FN4O4/c1-22-15(6-7-21-22)17(25)23-8-9-27-18(11-23,10-16(20)24)12-26-14-4-2-13(19)3-5-14/h2-7H,8-12H2,1H3,(H2,20,24). The van der Waals surface area contributed by atoms with Crippen molar-refractivity contribution >= 4 is 11.8 Å². The lowest BCUT2D eigenvalue weighted by atomic mass is 9.97. The maximum absolute atomic E-state index is 13.0. The second-order valence-corrected chi connectivity index (χ2v) is 6.48. The highest BCUT2D eigenvalue weighted by Crippen LogP contribution is 2.25. The van der Waals surface area contributed by atoms with E-state index in [9.17, 15) is 14.0 Å². The average Bonchev–Trinajstić information content (AvgIpc) is 3.06. The Morgan fingerprint density at radius 2 is 2.07 bits per heavy atom. The lowest BCUT2D eigenvalue weighted by Crippen LogP contribution is -2.58. The van der Waals surface area contributed by atoms with Crippen molar-refractivity contribution in [1.29, 1.82) is 0 Å². The van der Waals surface area contributed by atoms with E-state index in [1.54, 1.807) is 24.2 Å². The minimum Gasteiger partial charge on any atom is -0.490 e. The molecule has 3 rings (SSSR count). The molecular weight excluding hydrogens is 355 g/mol. The quantitative estimate of drug-likeness (QED) is 0.801. The number of aryl methyl sites for hydroxylation is 1. The van der Waals surface area contributed by atoms with Gasteiger partial charge in [0, 0.05) is 19.8 Å². The zero-order chi connectivity index (χ0) is 19.4. The highest BCUT2D eigenvalue weighted by molar-refractivity contribution is 5.92. The number of primary amides is 1. The van der Waals surface area contributed by atoms with E-state index in [0.29, 0.717) is 18.0 Å². The molecular formula is C18H21FN4O4. The Hall–Kier alpha value is -2.94. The van der Waals surface area contributed by atoms with Crippen molar-refractivity contribution in [3.05, 3.63) is 48.0 Å². The van der Waals surface area contributed by atoms with Gasteiger partial charge in [0.2, 0.25) is 5.91 Å². The third kappa shape index (κ3) is 4.43. The summed E-state index contributed by atoms with van der Waals surface area (Å²) in [4.78, 5) is 26.0. The molecule has 9 heteroatoms. The van der Waals surface area contributed by atoms with E-state index in [-0.39, 0.29) is 37.9 Å². The highest BCUT2D eigenvalue weighted by atomic mass is 19.1. The van der Waals surface area contributed by atoms with E-state index < -0.39 is 11.5 Å². The van der Waals surface area contributed by atoms with E-state index in [2.05, 4.69) is 5.10 Å². The third-order valence-corrected chi connectivity index (χ3v) is 4.39. The van der Waals surface area contributed by atoms with Crippen LogP contribution in [0.15, 0.2) is 36.5 Å². The van der Waals surface area contributed by atoms with Gasteiger partial charge in [0.05, 0.1) is 19.6 Å². The van der Waals surface area contributed by atoms with Crippen LogP contribution in [-0.2, 0) is 16.6 Å². The number of amides is 2. The molecule has 1 unspecified atom stereocenters. The Morgan fingerprint density at radius 3 is 2.70 bits per heavy atom. The lowest BCUT2D eigenvalue weighted by molar-refractivity contribution is -0.142. The fourth-order valence-electron chi connectivity index (χ4n) is 3.07. The van der Waals surface area contributed by atoms with Crippen molar-refractivity contribution in [1.82, 2.24) is 14.7 Å². The van der Waals surface area contributed by atoms with Crippen molar-refractivity contribution in [3.63, 3.8) is 0 Å². The van der Waals surface area contributed by atoms with Crippen LogP contribution < -0.4 is 10.5 Å². The predicted molar refractivity (Wildman–Crippen MR) is 93.5 cm³/mol. The van der Waals surface area contributed by atoms with Crippen LogP contribution in [0.5, 0.6) is 5.75 Å². The highest BCUT2D eigenvalue weighted by Gasteiger charge is 2.41. The molecule has 2 N–H and O–H groups in total. The summed E-state index contributed by atoms with van der Waals surface area (Å²) in [5.41, 5.74) is 4.75. The smallest absolute Gasteiger partial charge is 0.272 e. The number of morpholine rings is 1. The Labute approximate surface area is 155 Å². The maximum Gasteiger partial charge on any atom is 0.272 e.